The molecule has 2 aromatic heterocycles. The lowest BCUT2D eigenvalue weighted by Crippen LogP contribution is -2.27. The highest BCUT2D eigenvalue weighted by molar-refractivity contribution is 6.32. The molecule has 30 heavy (non-hydrogen) atoms. The Hall–Kier alpha value is -3.25. The van der Waals surface area contributed by atoms with Crippen molar-refractivity contribution in [2.24, 2.45) is 0 Å². The van der Waals surface area contributed by atoms with E-state index < -0.39 is 0 Å². The highest BCUT2D eigenvalue weighted by Crippen LogP contribution is 2.23. The Labute approximate surface area is 179 Å². The van der Waals surface area contributed by atoms with Crippen molar-refractivity contribution in [2.45, 2.75) is 19.5 Å². The summed E-state index contributed by atoms with van der Waals surface area (Å²) in [5, 5.41) is 0.601. The van der Waals surface area contributed by atoms with Crippen LogP contribution in [0.3, 0.4) is 0 Å². The summed E-state index contributed by atoms with van der Waals surface area (Å²) in [6.45, 7) is 1.61. The number of nitrogens with zero attached hydrogens (tertiary/aromatic N) is 3. The lowest BCUT2D eigenvalue weighted by Gasteiger charge is -2.17. The minimum atomic E-state index is -0.180. The minimum absolute atomic E-state index is 0.180. The number of imidazole rings is 1. The van der Waals surface area contributed by atoms with Crippen molar-refractivity contribution in [1.82, 2.24) is 14.5 Å². The first-order valence-electron chi connectivity index (χ1n) is 9.74. The Morgan fingerprint density at radius 3 is 2.73 bits per heavy atom. The van der Waals surface area contributed by atoms with Gasteiger partial charge in [0.25, 0.3) is 5.91 Å². The molecule has 4 rings (SSSR count). The Kier molecular flexibility index (Phi) is 6.05. The van der Waals surface area contributed by atoms with E-state index in [2.05, 4.69) is 4.57 Å². The van der Waals surface area contributed by atoms with Gasteiger partial charge in [-0.2, -0.15) is 0 Å². The third kappa shape index (κ3) is 4.33. The number of carbonyl (C=O) groups is 1. The summed E-state index contributed by atoms with van der Waals surface area (Å²) in [6, 6.07) is 18.8. The molecular formula is C23H22ClN3O3. The SMILES string of the molecule is CN(Cc1nc2ccccc2n1CCCOc1ccccc1Cl)C(=O)c1ccco1. The van der Waals surface area contributed by atoms with Crippen LogP contribution in [0.1, 0.15) is 22.8 Å². The molecule has 6 nitrogen and oxygen atoms in total. The molecular weight excluding hydrogens is 402 g/mol. The Morgan fingerprint density at radius 2 is 1.93 bits per heavy atom. The molecule has 0 fully saturated rings. The quantitative estimate of drug-likeness (QED) is 0.373. The highest BCUT2D eigenvalue weighted by Gasteiger charge is 2.18. The number of hydrogen-bond acceptors (Lipinski definition) is 4. The maximum absolute atomic E-state index is 12.5. The smallest absolute Gasteiger partial charge is 0.289 e. The van der Waals surface area contributed by atoms with Crippen molar-refractivity contribution in [1.29, 1.82) is 0 Å². The van der Waals surface area contributed by atoms with Gasteiger partial charge in [-0.25, -0.2) is 4.98 Å². The molecule has 0 saturated carbocycles. The number of amides is 1. The summed E-state index contributed by atoms with van der Waals surface area (Å²) in [7, 11) is 1.75. The average Bonchev–Trinajstić information content (AvgIpc) is 3.40. The third-order valence-corrected chi connectivity index (χ3v) is 5.12. The number of fused-ring (bicyclic) bond motifs is 1. The number of halogens is 1. The average molecular weight is 424 g/mol. The molecule has 154 valence electrons. The van der Waals surface area contributed by atoms with Crippen LogP contribution in [0.5, 0.6) is 5.75 Å². The lowest BCUT2D eigenvalue weighted by molar-refractivity contribution is 0.0748. The number of furan rings is 1. The number of aryl methyl sites for hydroxylation is 1. The number of ether oxygens (including phenoxy) is 1. The fraction of sp³-hybridized carbons (Fsp3) is 0.217. The number of benzene rings is 2. The van der Waals surface area contributed by atoms with Crippen LogP contribution in [0, 0.1) is 0 Å². The summed E-state index contributed by atoms with van der Waals surface area (Å²) in [6.07, 6.45) is 2.27. The summed E-state index contributed by atoms with van der Waals surface area (Å²) >= 11 is 6.15. The minimum Gasteiger partial charge on any atom is -0.492 e. The Morgan fingerprint density at radius 1 is 1.13 bits per heavy atom. The predicted octanol–water partition coefficient (Wildman–Crippen LogP) is 5.02. The van der Waals surface area contributed by atoms with Crippen molar-refractivity contribution < 1.29 is 13.9 Å². The number of hydrogen-bond donors (Lipinski definition) is 0. The molecule has 0 unspecified atom stereocenters. The molecule has 0 aliphatic carbocycles. The Bertz CT molecular complexity index is 1140. The fourth-order valence-corrected chi connectivity index (χ4v) is 3.52. The van der Waals surface area contributed by atoms with E-state index in [9.17, 15) is 4.79 Å². The molecule has 0 radical (unpaired) electrons. The van der Waals surface area contributed by atoms with Crippen LogP contribution in [0.2, 0.25) is 5.02 Å². The van der Waals surface area contributed by atoms with E-state index in [1.807, 2.05) is 48.5 Å². The van der Waals surface area contributed by atoms with Gasteiger partial charge in [0.2, 0.25) is 0 Å². The molecule has 0 spiro atoms. The second-order valence-electron chi connectivity index (χ2n) is 6.94. The largest absolute Gasteiger partial charge is 0.492 e. The third-order valence-electron chi connectivity index (χ3n) is 4.81. The van der Waals surface area contributed by atoms with E-state index in [1.54, 1.807) is 24.1 Å². The van der Waals surface area contributed by atoms with Gasteiger partial charge < -0.3 is 18.6 Å². The maximum Gasteiger partial charge on any atom is 0.289 e. The van der Waals surface area contributed by atoms with E-state index in [4.69, 9.17) is 25.7 Å². The van der Waals surface area contributed by atoms with Crippen LogP contribution in [0.25, 0.3) is 11.0 Å². The molecule has 2 aromatic carbocycles. The number of para-hydroxylation sites is 3. The molecule has 7 heteroatoms. The van der Waals surface area contributed by atoms with Crippen molar-refractivity contribution >= 4 is 28.5 Å². The second kappa shape index (κ2) is 9.05. The normalized spacial score (nSPS) is 11.0. The van der Waals surface area contributed by atoms with Gasteiger partial charge in [0, 0.05) is 13.6 Å². The number of aromatic nitrogens is 2. The standard InChI is InChI=1S/C23H22ClN3O3/c1-26(23(28)21-12-6-14-30-21)16-22-25-18-9-3-4-10-19(18)27(22)13-7-15-29-20-11-5-2-8-17(20)24/h2-6,8-12,14H,7,13,15-16H2,1H3. The van der Waals surface area contributed by atoms with Gasteiger partial charge >= 0.3 is 0 Å². The molecule has 0 aliphatic rings. The Balaban J connectivity index is 1.47. The van der Waals surface area contributed by atoms with E-state index >= 15 is 0 Å². The van der Waals surface area contributed by atoms with E-state index in [-0.39, 0.29) is 5.91 Å². The fourth-order valence-electron chi connectivity index (χ4n) is 3.33. The number of rotatable bonds is 8. The van der Waals surface area contributed by atoms with Crippen molar-refractivity contribution in [3.05, 3.63) is 83.5 Å². The van der Waals surface area contributed by atoms with Crippen molar-refractivity contribution in [3.63, 3.8) is 0 Å². The zero-order valence-corrected chi connectivity index (χ0v) is 17.4. The van der Waals surface area contributed by atoms with Gasteiger partial charge in [0.1, 0.15) is 11.6 Å². The van der Waals surface area contributed by atoms with Gasteiger partial charge in [-0.1, -0.05) is 35.9 Å². The van der Waals surface area contributed by atoms with Crippen molar-refractivity contribution in [2.75, 3.05) is 13.7 Å². The zero-order valence-electron chi connectivity index (χ0n) is 16.6. The van der Waals surface area contributed by atoms with Crippen LogP contribution >= 0.6 is 11.6 Å². The van der Waals surface area contributed by atoms with Gasteiger partial charge in [-0.3, -0.25) is 4.79 Å². The molecule has 0 N–H and O–H groups in total. The topological polar surface area (TPSA) is 60.5 Å². The number of carbonyl (C=O) groups excluding carboxylic acids is 1. The molecule has 4 aromatic rings. The van der Waals surface area contributed by atoms with E-state index in [0.717, 1.165) is 23.3 Å². The maximum atomic E-state index is 12.5. The predicted molar refractivity (Wildman–Crippen MR) is 116 cm³/mol. The van der Waals surface area contributed by atoms with Crippen LogP contribution in [0.4, 0.5) is 0 Å². The second-order valence-corrected chi connectivity index (χ2v) is 7.35. The summed E-state index contributed by atoms with van der Waals surface area (Å²) < 4.78 is 13.2. The van der Waals surface area contributed by atoms with E-state index in [1.165, 1.54) is 6.26 Å². The first-order chi connectivity index (χ1) is 14.6. The molecule has 2 heterocycles. The van der Waals surface area contributed by atoms with Gasteiger partial charge in [-0.15, -0.1) is 0 Å². The summed E-state index contributed by atoms with van der Waals surface area (Å²) in [5.41, 5.74) is 1.93. The first-order valence-corrected chi connectivity index (χ1v) is 10.1. The highest BCUT2D eigenvalue weighted by atomic mass is 35.5. The van der Waals surface area contributed by atoms with Gasteiger partial charge in [0.05, 0.1) is 35.5 Å². The zero-order chi connectivity index (χ0) is 20.9. The van der Waals surface area contributed by atoms with Gasteiger partial charge in [-0.05, 0) is 42.8 Å². The molecule has 0 aliphatic heterocycles. The van der Waals surface area contributed by atoms with Gasteiger partial charge in [0.15, 0.2) is 5.76 Å². The monoisotopic (exact) mass is 423 g/mol. The molecule has 0 saturated heterocycles. The summed E-state index contributed by atoms with van der Waals surface area (Å²) in [4.78, 5) is 18.9. The summed E-state index contributed by atoms with van der Waals surface area (Å²) in [5.74, 6) is 1.63. The first kappa shape index (κ1) is 20.0. The van der Waals surface area contributed by atoms with Crippen LogP contribution in [0.15, 0.2) is 71.3 Å². The molecule has 1 amide bonds. The van der Waals surface area contributed by atoms with Crippen LogP contribution in [-0.4, -0.2) is 34.0 Å². The van der Waals surface area contributed by atoms with E-state index in [0.29, 0.717) is 36.2 Å². The molecule has 0 bridgehead atoms. The van der Waals surface area contributed by atoms with Crippen LogP contribution < -0.4 is 4.74 Å². The lowest BCUT2D eigenvalue weighted by atomic mass is 10.3. The van der Waals surface area contributed by atoms with Crippen LogP contribution in [-0.2, 0) is 13.1 Å². The molecule has 0 atom stereocenters. The van der Waals surface area contributed by atoms with Crippen molar-refractivity contribution in [3.8, 4) is 5.75 Å².